The van der Waals surface area contributed by atoms with Crippen LogP contribution in [0.2, 0.25) is 0 Å². The highest BCUT2D eigenvalue weighted by atomic mass is 19.1. The lowest BCUT2D eigenvalue weighted by atomic mass is 10.1. The van der Waals surface area contributed by atoms with Crippen LogP contribution >= 0.6 is 0 Å². The van der Waals surface area contributed by atoms with Gasteiger partial charge in [0, 0.05) is 17.7 Å². The zero-order valence-electron chi connectivity index (χ0n) is 8.16. The third-order valence-electron chi connectivity index (χ3n) is 2.28. The second-order valence-corrected chi connectivity index (χ2v) is 3.79. The van der Waals surface area contributed by atoms with Crippen molar-refractivity contribution in [3.63, 3.8) is 0 Å². The van der Waals surface area contributed by atoms with E-state index < -0.39 is 0 Å². The summed E-state index contributed by atoms with van der Waals surface area (Å²) in [7, 11) is 0. The second-order valence-electron chi connectivity index (χ2n) is 3.79. The van der Waals surface area contributed by atoms with E-state index in [0.29, 0.717) is 5.75 Å². The molecule has 0 aromatic heterocycles. The Morgan fingerprint density at radius 3 is 2.79 bits per heavy atom. The van der Waals surface area contributed by atoms with Gasteiger partial charge in [-0.3, -0.25) is 0 Å². The molecule has 1 atom stereocenters. The molecule has 0 saturated heterocycles. The molecule has 0 heterocycles. The second kappa shape index (κ2) is 3.58. The first-order valence-electron chi connectivity index (χ1n) is 4.88. The van der Waals surface area contributed by atoms with E-state index in [1.54, 1.807) is 6.07 Å². The van der Waals surface area contributed by atoms with Crippen LogP contribution in [0.15, 0.2) is 18.2 Å². The lowest BCUT2D eigenvalue weighted by molar-refractivity contribution is 0.297. The maximum Gasteiger partial charge on any atom is 0.127 e. The van der Waals surface area contributed by atoms with Crippen LogP contribution in [0, 0.1) is 5.82 Å². The van der Waals surface area contributed by atoms with Gasteiger partial charge >= 0.3 is 0 Å². The van der Waals surface area contributed by atoms with E-state index >= 15 is 0 Å². The van der Waals surface area contributed by atoms with Crippen LogP contribution in [0.3, 0.4) is 0 Å². The van der Waals surface area contributed by atoms with Crippen LogP contribution in [-0.4, -0.2) is 6.10 Å². The largest absolute Gasteiger partial charge is 0.490 e. The third kappa shape index (κ3) is 2.04. The molecule has 0 bridgehead atoms. The van der Waals surface area contributed by atoms with Crippen molar-refractivity contribution in [1.82, 2.24) is 0 Å². The van der Waals surface area contributed by atoms with Crippen molar-refractivity contribution in [2.24, 2.45) is 5.73 Å². The Labute approximate surface area is 82.9 Å². The Hall–Kier alpha value is -1.09. The Kier molecular flexibility index (Phi) is 2.42. The van der Waals surface area contributed by atoms with Crippen molar-refractivity contribution in [3.05, 3.63) is 29.6 Å². The molecule has 0 unspecified atom stereocenters. The fraction of sp³-hybridized carbons (Fsp3) is 0.455. The van der Waals surface area contributed by atoms with Crippen LogP contribution in [0.25, 0.3) is 0 Å². The van der Waals surface area contributed by atoms with E-state index in [-0.39, 0.29) is 18.0 Å². The molecule has 1 fully saturated rings. The Morgan fingerprint density at radius 1 is 1.50 bits per heavy atom. The zero-order chi connectivity index (χ0) is 10.1. The molecule has 0 amide bonds. The van der Waals surface area contributed by atoms with Gasteiger partial charge in [-0.15, -0.1) is 0 Å². The average molecular weight is 195 g/mol. The van der Waals surface area contributed by atoms with E-state index in [0.717, 1.165) is 18.4 Å². The summed E-state index contributed by atoms with van der Waals surface area (Å²) in [4.78, 5) is 0. The summed E-state index contributed by atoms with van der Waals surface area (Å²) in [6, 6.07) is 4.40. The van der Waals surface area contributed by atoms with E-state index in [9.17, 15) is 4.39 Å². The number of rotatable bonds is 3. The molecule has 1 aliphatic rings. The standard InChI is InChI=1S/C11H14FNO/c1-7(13)10-5-2-8(12)6-11(10)14-9-3-4-9/h2,5-7,9H,3-4,13H2,1H3/t7-/m0/s1. The smallest absolute Gasteiger partial charge is 0.127 e. The van der Waals surface area contributed by atoms with Crippen LogP contribution in [0.1, 0.15) is 31.4 Å². The minimum absolute atomic E-state index is 0.121. The van der Waals surface area contributed by atoms with Gasteiger partial charge in [0.25, 0.3) is 0 Å². The Bertz CT molecular complexity index is 334. The number of hydrogen-bond acceptors (Lipinski definition) is 2. The maximum absolute atomic E-state index is 13.0. The zero-order valence-corrected chi connectivity index (χ0v) is 8.16. The van der Waals surface area contributed by atoms with E-state index in [1.807, 2.05) is 6.92 Å². The molecule has 1 aromatic carbocycles. The molecule has 2 rings (SSSR count). The lowest BCUT2D eigenvalue weighted by Gasteiger charge is -2.13. The van der Waals surface area contributed by atoms with Gasteiger partial charge in [0.15, 0.2) is 0 Å². The molecule has 3 heteroatoms. The lowest BCUT2D eigenvalue weighted by Crippen LogP contribution is -2.09. The summed E-state index contributed by atoms with van der Waals surface area (Å²) in [5.41, 5.74) is 6.63. The first kappa shape index (κ1) is 9.46. The molecule has 2 N–H and O–H groups in total. The van der Waals surface area contributed by atoms with Gasteiger partial charge < -0.3 is 10.5 Å². The van der Waals surface area contributed by atoms with E-state index in [1.165, 1.54) is 12.1 Å². The maximum atomic E-state index is 13.0. The fourth-order valence-electron chi connectivity index (χ4n) is 1.35. The molecule has 1 aliphatic carbocycles. The summed E-state index contributed by atoms with van der Waals surface area (Å²) in [5, 5.41) is 0. The number of ether oxygens (including phenoxy) is 1. The first-order valence-corrected chi connectivity index (χ1v) is 4.88. The molecular weight excluding hydrogens is 181 g/mol. The molecule has 0 radical (unpaired) electrons. The highest BCUT2D eigenvalue weighted by Gasteiger charge is 2.25. The van der Waals surface area contributed by atoms with Gasteiger partial charge in [0.05, 0.1) is 6.10 Å². The van der Waals surface area contributed by atoms with Gasteiger partial charge in [-0.2, -0.15) is 0 Å². The van der Waals surface area contributed by atoms with E-state index in [4.69, 9.17) is 10.5 Å². The minimum Gasteiger partial charge on any atom is -0.490 e. The van der Waals surface area contributed by atoms with E-state index in [2.05, 4.69) is 0 Å². The molecule has 0 spiro atoms. The van der Waals surface area contributed by atoms with Gasteiger partial charge in [-0.05, 0) is 25.8 Å². The predicted octanol–water partition coefficient (Wildman–Crippen LogP) is 2.39. The SMILES string of the molecule is C[C@H](N)c1ccc(F)cc1OC1CC1. The monoisotopic (exact) mass is 195 g/mol. The fourth-order valence-corrected chi connectivity index (χ4v) is 1.35. The highest BCUT2D eigenvalue weighted by molar-refractivity contribution is 5.36. The van der Waals surface area contributed by atoms with Crippen molar-refractivity contribution in [1.29, 1.82) is 0 Å². The van der Waals surface area contributed by atoms with Crippen molar-refractivity contribution < 1.29 is 9.13 Å². The molecule has 0 aliphatic heterocycles. The topological polar surface area (TPSA) is 35.2 Å². The first-order chi connectivity index (χ1) is 6.66. The Balaban J connectivity index is 2.27. The minimum atomic E-state index is -0.273. The van der Waals surface area contributed by atoms with Crippen molar-refractivity contribution >= 4 is 0 Å². The molecule has 14 heavy (non-hydrogen) atoms. The summed E-state index contributed by atoms with van der Waals surface area (Å²) in [6.45, 7) is 1.87. The predicted molar refractivity (Wildman–Crippen MR) is 52.7 cm³/mol. The molecule has 2 nitrogen and oxygen atoms in total. The molecule has 1 aromatic rings. The average Bonchev–Trinajstić information content (AvgIpc) is 2.87. The Morgan fingerprint density at radius 2 is 2.21 bits per heavy atom. The van der Waals surface area contributed by atoms with Gasteiger partial charge in [0.2, 0.25) is 0 Å². The van der Waals surface area contributed by atoms with Crippen molar-refractivity contribution in [2.45, 2.75) is 31.9 Å². The van der Waals surface area contributed by atoms with Gasteiger partial charge in [0.1, 0.15) is 11.6 Å². The molecule has 1 saturated carbocycles. The number of halogens is 1. The highest BCUT2D eigenvalue weighted by Crippen LogP contribution is 2.31. The van der Waals surface area contributed by atoms with Gasteiger partial charge in [-0.1, -0.05) is 6.07 Å². The summed E-state index contributed by atoms with van der Waals surface area (Å²) < 4.78 is 18.5. The summed E-state index contributed by atoms with van der Waals surface area (Å²) >= 11 is 0. The molecular formula is C11H14FNO. The van der Waals surface area contributed by atoms with Crippen LogP contribution in [0.5, 0.6) is 5.75 Å². The van der Waals surface area contributed by atoms with Crippen molar-refractivity contribution in [3.8, 4) is 5.75 Å². The van der Waals surface area contributed by atoms with Gasteiger partial charge in [-0.25, -0.2) is 4.39 Å². The molecule has 76 valence electrons. The normalized spacial score (nSPS) is 17.9. The van der Waals surface area contributed by atoms with Crippen LogP contribution in [0.4, 0.5) is 4.39 Å². The van der Waals surface area contributed by atoms with Crippen molar-refractivity contribution in [2.75, 3.05) is 0 Å². The summed E-state index contributed by atoms with van der Waals surface area (Å²) in [5.74, 6) is 0.326. The summed E-state index contributed by atoms with van der Waals surface area (Å²) in [6.07, 6.45) is 2.40. The van der Waals surface area contributed by atoms with Crippen LogP contribution < -0.4 is 10.5 Å². The van der Waals surface area contributed by atoms with Crippen LogP contribution in [-0.2, 0) is 0 Å². The quantitative estimate of drug-likeness (QED) is 0.803. The number of nitrogens with two attached hydrogens (primary N) is 1. The number of benzene rings is 1. The third-order valence-corrected chi connectivity index (χ3v) is 2.28. The number of hydrogen-bond donors (Lipinski definition) is 1.